The zero-order valence-electron chi connectivity index (χ0n) is 18.6. The number of hydrogen-bond donors (Lipinski definition) is 0. The SMILES string of the molecule is CC.COC(=O)C(C)OCc1cc(-c2cccc(OC)c2)n(Cc2ccccc2Cl)n1. The molecule has 0 fully saturated rings. The number of nitrogens with zero attached hydrogens (tertiary/aromatic N) is 2. The van der Waals surface area contributed by atoms with E-state index in [1.807, 2.05) is 73.1 Å². The van der Waals surface area contributed by atoms with Gasteiger partial charge in [-0.1, -0.05) is 55.8 Å². The number of hydrogen-bond acceptors (Lipinski definition) is 5. The number of carbonyl (C=O) groups excluding carboxylic acids is 1. The van der Waals surface area contributed by atoms with Crippen molar-refractivity contribution in [3.8, 4) is 17.0 Å². The molecule has 0 amide bonds. The van der Waals surface area contributed by atoms with Crippen LogP contribution < -0.4 is 4.74 Å². The average Bonchev–Trinajstić information content (AvgIpc) is 3.22. The van der Waals surface area contributed by atoms with Crippen LogP contribution in [0.15, 0.2) is 54.6 Å². The molecule has 0 aliphatic heterocycles. The molecule has 1 unspecified atom stereocenters. The summed E-state index contributed by atoms with van der Waals surface area (Å²) in [5.74, 6) is 0.332. The summed E-state index contributed by atoms with van der Waals surface area (Å²) in [4.78, 5) is 11.6. The van der Waals surface area contributed by atoms with Gasteiger partial charge in [-0.15, -0.1) is 0 Å². The standard InChI is InChI=1S/C22H23ClN2O4.C2H6/c1-15(22(26)28-3)29-14-18-12-21(16-8-6-9-19(11-16)27-2)25(24-18)13-17-7-4-5-10-20(17)23;1-2/h4-12,15H,13-14H2,1-3H3;1-2H3. The van der Waals surface area contributed by atoms with Crippen molar-refractivity contribution in [3.63, 3.8) is 0 Å². The highest BCUT2D eigenvalue weighted by atomic mass is 35.5. The molecular weight excluding hydrogens is 416 g/mol. The maximum atomic E-state index is 11.6. The lowest BCUT2D eigenvalue weighted by Gasteiger charge is -2.10. The Hall–Kier alpha value is -2.83. The van der Waals surface area contributed by atoms with Gasteiger partial charge in [0, 0.05) is 10.6 Å². The highest BCUT2D eigenvalue weighted by Crippen LogP contribution is 2.27. The van der Waals surface area contributed by atoms with Gasteiger partial charge in [0.1, 0.15) is 5.75 Å². The van der Waals surface area contributed by atoms with E-state index in [1.54, 1.807) is 14.0 Å². The van der Waals surface area contributed by atoms with Gasteiger partial charge in [0.15, 0.2) is 6.10 Å². The van der Waals surface area contributed by atoms with Crippen molar-refractivity contribution in [2.45, 2.75) is 40.0 Å². The monoisotopic (exact) mass is 444 g/mol. The van der Waals surface area contributed by atoms with Crippen LogP contribution in [0.3, 0.4) is 0 Å². The fourth-order valence-corrected chi connectivity index (χ4v) is 3.10. The van der Waals surface area contributed by atoms with Crippen molar-refractivity contribution in [1.29, 1.82) is 0 Å². The van der Waals surface area contributed by atoms with Crippen LogP contribution in [0.4, 0.5) is 0 Å². The smallest absolute Gasteiger partial charge is 0.334 e. The zero-order chi connectivity index (χ0) is 22.8. The molecule has 7 heteroatoms. The molecule has 0 spiro atoms. The lowest BCUT2D eigenvalue weighted by atomic mass is 10.1. The minimum absolute atomic E-state index is 0.183. The summed E-state index contributed by atoms with van der Waals surface area (Å²) >= 11 is 6.34. The van der Waals surface area contributed by atoms with E-state index < -0.39 is 12.1 Å². The number of carbonyl (C=O) groups is 1. The summed E-state index contributed by atoms with van der Waals surface area (Å²) in [5.41, 5.74) is 3.51. The van der Waals surface area contributed by atoms with Crippen LogP contribution in [0.1, 0.15) is 32.0 Å². The van der Waals surface area contributed by atoms with Crippen LogP contribution >= 0.6 is 11.6 Å². The van der Waals surface area contributed by atoms with Crippen molar-refractivity contribution in [3.05, 3.63) is 70.9 Å². The lowest BCUT2D eigenvalue weighted by Crippen LogP contribution is -2.21. The first-order valence-corrected chi connectivity index (χ1v) is 10.5. The van der Waals surface area contributed by atoms with E-state index in [2.05, 4.69) is 5.10 Å². The van der Waals surface area contributed by atoms with Gasteiger partial charge in [-0.25, -0.2) is 4.79 Å². The van der Waals surface area contributed by atoms with Gasteiger partial charge in [-0.05, 0) is 36.8 Å². The second-order valence-electron chi connectivity index (χ2n) is 6.48. The topological polar surface area (TPSA) is 62.6 Å². The van der Waals surface area contributed by atoms with E-state index in [0.29, 0.717) is 17.3 Å². The van der Waals surface area contributed by atoms with Crippen LogP contribution in [-0.2, 0) is 27.4 Å². The Balaban J connectivity index is 0.00000166. The van der Waals surface area contributed by atoms with E-state index in [-0.39, 0.29) is 6.61 Å². The molecule has 3 aromatic rings. The largest absolute Gasteiger partial charge is 0.497 e. The Labute approximate surface area is 188 Å². The third-order valence-corrected chi connectivity index (χ3v) is 4.86. The Bertz CT molecular complexity index is 987. The normalized spacial score (nSPS) is 11.3. The first-order valence-electron chi connectivity index (χ1n) is 10.2. The molecule has 0 bridgehead atoms. The van der Waals surface area contributed by atoms with Crippen LogP contribution in [0.25, 0.3) is 11.3 Å². The van der Waals surface area contributed by atoms with Crippen molar-refractivity contribution in [2.75, 3.05) is 14.2 Å². The van der Waals surface area contributed by atoms with E-state index in [9.17, 15) is 4.79 Å². The molecular formula is C24H29ClN2O4. The maximum Gasteiger partial charge on any atom is 0.334 e. The molecule has 1 heterocycles. The van der Waals surface area contributed by atoms with E-state index in [4.69, 9.17) is 25.8 Å². The highest BCUT2D eigenvalue weighted by molar-refractivity contribution is 6.31. The third-order valence-electron chi connectivity index (χ3n) is 4.49. The highest BCUT2D eigenvalue weighted by Gasteiger charge is 2.17. The summed E-state index contributed by atoms with van der Waals surface area (Å²) in [5, 5.41) is 5.35. The molecule has 0 radical (unpaired) electrons. The molecule has 31 heavy (non-hydrogen) atoms. The first kappa shape index (κ1) is 24.4. The Morgan fingerprint density at radius 1 is 1.10 bits per heavy atom. The van der Waals surface area contributed by atoms with Crippen LogP contribution in [0, 0.1) is 0 Å². The summed E-state index contributed by atoms with van der Waals surface area (Å²) in [6.07, 6.45) is -0.672. The van der Waals surface area contributed by atoms with Gasteiger partial charge in [-0.2, -0.15) is 5.10 Å². The van der Waals surface area contributed by atoms with E-state index >= 15 is 0 Å². The minimum atomic E-state index is -0.672. The predicted molar refractivity (Wildman–Crippen MR) is 122 cm³/mol. The third kappa shape index (κ3) is 6.57. The fraction of sp³-hybridized carbons (Fsp3) is 0.333. The first-order chi connectivity index (χ1) is 15.0. The summed E-state index contributed by atoms with van der Waals surface area (Å²) in [7, 11) is 2.97. The zero-order valence-corrected chi connectivity index (χ0v) is 19.3. The molecule has 0 aliphatic rings. The van der Waals surface area contributed by atoms with E-state index in [0.717, 1.165) is 22.6 Å². The van der Waals surface area contributed by atoms with Crippen molar-refractivity contribution >= 4 is 17.6 Å². The number of benzene rings is 2. The number of ether oxygens (including phenoxy) is 3. The van der Waals surface area contributed by atoms with Crippen molar-refractivity contribution < 1.29 is 19.0 Å². The van der Waals surface area contributed by atoms with Crippen molar-refractivity contribution in [2.24, 2.45) is 0 Å². The molecule has 0 aliphatic carbocycles. The van der Waals surface area contributed by atoms with Gasteiger partial charge in [0.25, 0.3) is 0 Å². The van der Waals surface area contributed by atoms with Crippen LogP contribution in [0.2, 0.25) is 5.02 Å². The predicted octanol–water partition coefficient (Wildman–Crippen LogP) is 5.36. The second kappa shape index (κ2) is 12.1. The summed E-state index contributed by atoms with van der Waals surface area (Å²) in [6.45, 7) is 6.33. The minimum Gasteiger partial charge on any atom is -0.497 e. The Morgan fingerprint density at radius 3 is 2.52 bits per heavy atom. The van der Waals surface area contributed by atoms with Gasteiger partial charge in [0.2, 0.25) is 0 Å². The Morgan fingerprint density at radius 2 is 1.84 bits per heavy atom. The lowest BCUT2D eigenvalue weighted by molar-refractivity contribution is -0.153. The second-order valence-corrected chi connectivity index (χ2v) is 6.89. The van der Waals surface area contributed by atoms with Crippen LogP contribution in [-0.4, -0.2) is 36.1 Å². The quantitative estimate of drug-likeness (QED) is 0.437. The number of methoxy groups -OCH3 is 2. The molecule has 3 rings (SSSR count). The Kier molecular flexibility index (Phi) is 9.56. The molecule has 1 atom stereocenters. The fourth-order valence-electron chi connectivity index (χ4n) is 2.91. The summed E-state index contributed by atoms with van der Waals surface area (Å²) < 4.78 is 17.5. The molecule has 2 aromatic carbocycles. The van der Waals surface area contributed by atoms with E-state index in [1.165, 1.54) is 7.11 Å². The number of rotatable bonds is 8. The molecule has 6 nitrogen and oxygen atoms in total. The van der Waals surface area contributed by atoms with Gasteiger partial charge >= 0.3 is 5.97 Å². The maximum absolute atomic E-state index is 11.6. The average molecular weight is 445 g/mol. The number of esters is 1. The van der Waals surface area contributed by atoms with Gasteiger partial charge < -0.3 is 14.2 Å². The molecule has 0 saturated heterocycles. The molecule has 0 saturated carbocycles. The van der Waals surface area contributed by atoms with Gasteiger partial charge in [0.05, 0.1) is 38.8 Å². The van der Waals surface area contributed by atoms with Crippen molar-refractivity contribution in [1.82, 2.24) is 9.78 Å². The van der Waals surface area contributed by atoms with Crippen LogP contribution in [0.5, 0.6) is 5.75 Å². The number of halogens is 1. The summed E-state index contributed by atoms with van der Waals surface area (Å²) in [6, 6.07) is 17.4. The molecule has 1 aromatic heterocycles. The van der Waals surface area contributed by atoms with Gasteiger partial charge in [-0.3, -0.25) is 4.68 Å². The molecule has 0 N–H and O–H groups in total. The molecule has 166 valence electrons. The number of aromatic nitrogens is 2.